The Bertz CT molecular complexity index is 270. The van der Waals surface area contributed by atoms with Crippen molar-refractivity contribution in [3.05, 3.63) is 11.6 Å². The molecule has 1 N–H and O–H groups in total. The van der Waals surface area contributed by atoms with Crippen LogP contribution in [0.25, 0.3) is 0 Å². The average Bonchev–Trinajstić information content (AvgIpc) is 2.49. The number of amides is 2. The fraction of sp³-hybridized carbons (Fsp3) is 0.500. The molecule has 0 saturated carbocycles. The van der Waals surface area contributed by atoms with Crippen LogP contribution < -0.4 is 5.32 Å². The monoisotopic (exact) mass is 234 g/mol. The number of hydrogen-bond donors (Lipinski definition) is 1. The van der Waals surface area contributed by atoms with E-state index in [0.29, 0.717) is 16.7 Å². The summed E-state index contributed by atoms with van der Waals surface area (Å²) in [6.45, 7) is 3.79. The summed E-state index contributed by atoms with van der Waals surface area (Å²) in [4.78, 5) is 23.9. The van der Waals surface area contributed by atoms with Gasteiger partial charge in [0.05, 0.1) is 18.2 Å². The fourth-order valence-electron chi connectivity index (χ4n) is 0.964. The van der Waals surface area contributed by atoms with Crippen LogP contribution in [-0.4, -0.2) is 41.4 Å². The second-order valence-electron chi connectivity index (χ2n) is 2.86. The third-order valence-electron chi connectivity index (χ3n) is 1.64. The molecule has 0 atom stereocenters. The van der Waals surface area contributed by atoms with Gasteiger partial charge in [0.15, 0.2) is 0 Å². The number of carbonyl (C=O) groups is 2. The van der Waals surface area contributed by atoms with Crippen molar-refractivity contribution < 1.29 is 9.59 Å². The van der Waals surface area contributed by atoms with E-state index in [2.05, 4.69) is 11.9 Å². The highest BCUT2D eigenvalue weighted by molar-refractivity contribution is 8.00. The van der Waals surface area contributed by atoms with Crippen LogP contribution in [-0.2, 0) is 9.59 Å². The lowest BCUT2D eigenvalue weighted by atomic mass is 10.4. The molecule has 0 unspecified atom stereocenters. The minimum atomic E-state index is -0.206. The van der Waals surface area contributed by atoms with E-state index in [1.165, 1.54) is 16.7 Å². The van der Waals surface area contributed by atoms with Gasteiger partial charge in [-0.15, -0.1) is 11.8 Å². The Labute approximate surface area is 91.7 Å². The molecule has 1 aliphatic rings. The Morgan fingerprint density at radius 2 is 2.43 bits per heavy atom. The molecular weight excluding hydrogens is 224 g/mol. The molecule has 1 aliphatic heterocycles. The first-order valence-corrected chi connectivity index (χ1v) is 5.58. The molecule has 1 saturated heterocycles. The first-order chi connectivity index (χ1) is 6.59. The molecule has 0 aromatic heterocycles. The van der Waals surface area contributed by atoms with Gasteiger partial charge in [-0.2, -0.15) is 0 Å². The highest BCUT2D eigenvalue weighted by Gasteiger charge is 2.22. The molecule has 1 heterocycles. The summed E-state index contributed by atoms with van der Waals surface area (Å²) in [7, 11) is 0. The van der Waals surface area contributed by atoms with Gasteiger partial charge in [0.2, 0.25) is 11.8 Å². The highest BCUT2D eigenvalue weighted by atomic mass is 35.5. The standard InChI is InChI=1S/C8H11ClN2O2S/c1-6(9)2-10-7(12)3-11-5-14-4-8(11)13/h1-5H2,(H,10,12). The maximum atomic E-state index is 11.2. The number of rotatable bonds is 4. The van der Waals surface area contributed by atoms with Crippen molar-refractivity contribution in [1.82, 2.24) is 10.2 Å². The average molecular weight is 235 g/mol. The number of carbonyl (C=O) groups excluding carboxylic acids is 2. The van der Waals surface area contributed by atoms with E-state index in [4.69, 9.17) is 11.6 Å². The Morgan fingerprint density at radius 1 is 1.71 bits per heavy atom. The molecule has 4 nitrogen and oxygen atoms in total. The molecular formula is C8H11ClN2O2S. The van der Waals surface area contributed by atoms with Gasteiger partial charge >= 0.3 is 0 Å². The van der Waals surface area contributed by atoms with Crippen LogP contribution in [0.5, 0.6) is 0 Å². The van der Waals surface area contributed by atoms with Crippen LogP contribution in [0.4, 0.5) is 0 Å². The molecule has 0 aromatic carbocycles. The minimum absolute atomic E-state index is 0.00912. The van der Waals surface area contributed by atoms with Crippen LogP contribution in [0.1, 0.15) is 0 Å². The van der Waals surface area contributed by atoms with Gasteiger partial charge in [0.25, 0.3) is 0 Å². The SMILES string of the molecule is C=C(Cl)CNC(=O)CN1CSCC1=O. The van der Waals surface area contributed by atoms with Crippen LogP contribution >= 0.6 is 23.4 Å². The van der Waals surface area contributed by atoms with Gasteiger partial charge in [0.1, 0.15) is 6.54 Å². The summed E-state index contributed by atoms with van der Waals surface area (Å²) in [5, 5.41) is 2.93. The van der Waals surface area contributed by atoms with Crippen molar-refractivity contribution in [2.45, 2.75) is 0 Å². The van der Waals surface area contributed by atoms with Crippen molar-refractivity contribution >= 4 is 35.2 Å². The second kappa shape index (κ2) is 5.26. The Balaban J connectivity index is 2.26. The normalized spacial score (nSPS) is 15.8. The molecule has 0 bridgehead atoms. The number of halogens is 1. The van der Waals surface area contributed by atoms with E-state index in [0.717, 1.165) is 0 Å². The molecule has 0 aromatic rings. The van der Waals surface area contributed by atoms with E-state index in [-0.39, 0.29) is 24.9 Å². The van der Waals surface area contributed by atoms with Crippen LogP contribution in [0, 0.1) is 0 Å². The second-order valence-corrected chi connectivity index (χ2v) is 4.35. The predicted molar refractivity (Wildman–Crippen MR) is 57.0 cm³/mol. The lowest BCUT2D eigenvalue weighted by Crippen LogP contribution is -2.38. The Hall–Kier alpha value is -0.680. The molecule has 14 heavy (non-hydrogen) atoms. The summed E-state index contributed by atoms with van der Waals surface area (Å²) in [6, 6.07) is 0. The van der Waals surface area contributed by atoms with Gasteiger partial charge in [-0.25, -0.2) is 0 Å². The minimum Gasteiger partial charge on any atom is -0.350 e. The van der Waals surface area contributed by atoms with Gasteiger partial charge in [0, 0.05) is 5.03 Å². The fourth-order valence-corrected chi connectivity index (χ4v) is 1.93. The van der Waals surface area contributed by atoms with Crippen LogP contribution in [0.15, 0.2) is 11.6 Å². The van der Waals surface area contributed by atoms with Crippen molar-refractivity contribution in [3.63, 3.8) is 0 Å². The Morgan fingerprint density at radius 3 is 2.93 bits per heavy atom. The molecule has 0 spiro atoms. The number of thioether (sulfide) groups is 1. The van der Waals surface area contributed by atoms with Crippen molar-refractivity contribution in [3.8, 4) is 0 Å². The maximum Gasteiger partial charge on any atom is 0.239 e. The quantitative estimate of drug-likeness (QED) is 0.766. The molecule has 2 amide bonds. The summed E-state index contributed by atoms with van der Waals surface area (Å²) >= 11 is 6.98. The number of hydrogen-bond acceptors (Lipinski definition) is 3. The molecule has 78 valence electrons. The van der Waals surface area contributed by atoms with Gasteiger partial charge in [-0.1, -0.05) is 18.2 Å². The zero-order chi connectivity index (χ0) is 10.6. The van der Waals surface area contributed by atoms with Gasteiger partial charge in [-0.3, -0.25) is 9.59 Å². The largest absolute Gasteiger partial charge is 0.350 e. The van der Waals surface area contributed by atoms with E-state index in [1.54, 1.807) is 0 Å². The zero-order valence-corrected chi connectivity index (χ0v) is 9.16. The lowest BCUT2D eigenvalue weighted by Gasteiger charge is -2.13. The lowest BCUT2D eigenvalue weighted by molar-refractivity contribution is -0.132. The van der Waals surface area contributed by atoms with Crippen LogP contribution in [0.3, 0.4) is 0 Å². The van der Waals surface area contributed by atoms with Crippen molar-refractivity contribution in [2.75, 3.05) is 24.7 Å². The Kier molecular flexibility index (Phi) is 4.28. The summed E-state index contributed by atoms with van der Waals surface area (Å²) in [5.74, 6) is 0.862. The topological polar surface area (TPSA) is 49.4 Å². The van der Waals surface area contributed by atoms with E-state index < -0.39 is 0 Å². The smallest absolute Gasteiger partial charge is 0.239 e. The third kappa shape index (κ3) is 3.59. The summed E-state index contributed by atoms with van der Waals surface area (Å²) in [5.41, 5.74) is 0. The van der Waals surface area contributed by atoms with Gasteiger partial charge in [-0.05, 0) is 0 Å². The van der Waals surface area contributed by atoms with E-state index >= 15 is 0 Å². The number of nitrogens with zero attached hydrogens (tertiary/aromatic N) is 1. The van der Waals surface area contributed by atoms with E-state index in [1.807, 2.05) is 0 Å². The molecule has 1 fully saturated rings. The first-order valence-electron chi connectivity index (χ1n) is 4.05. The van der Waals surface area contributed by atoms with Crippen LogP contribution in [0.2, 0.25) is 0 Å². The highest BCUT2D eigenvalue weighted by Crippen LogP contribution is 2.13. The molecule has 0 radical (unpaired) electrons. The zero-order valence-electron chi connectivity index (χ0n) is 7.59. The van der Waals surface area contributed by atoms with Crippen molar-refractivity contribution in [2.24, 2.45) is 0 Å². The molecule has 0 aliphatic carbocycles. The maximum absolute atomic E-state index is 11.2. The predicted octanol–water partition coefficient (Wildman–Crippen LogP) is 0.388. The molecule has 1 rings (SSSR count). The van der Waals surface area contributed by atoms with Gasteiger partial charge < -0.3 is 10.2 Å². The summed E-state index contributed by atoms with van der Waals surface area (Å²) < 4.78 is 0. The third-order valence-corrected chi connectivity index (χ3v) is 2.72. The molecule has 6 heteroatoms. The van der Waals surface area contributed by atoms with Crippen molar-refractivity contribution in [1.29, 1.82) is 0 Å². The number of nitrogens with one attached hydrogen (secondary N) is 1. The van der Waals surface area contributed by atoms with E-state index in [9.17, 15) is 9.59 Å². The summed E-state index contributed by atoms with van der Waals surface area (Å²) in [6.07, 6.45) is 0. The first kappa shape index (κ1) is 11.4.